The largest absolute Gasteiger partial charge is 0.466 e. The number of rotatable bonds is 5. The van der Waals surface area contributed by atoms with Gasteiger partial charge in [0.1, 0.15) is 0 Å². The maximum absolute atomic E-state index is 11.6. The summed E-state index contributed by atoms with van der Waals surface area (Å²) in [6.07, 6.45) is -0.818. The fourth-order valence-corrected chi connectivity index (χ4v) is 1.80. The van der Waals surface area contributed by atoms with Crippen LogP contribution in [0.25, 0.3) is 0 Å². The lowest BCUT2D eigenvalue weighted by Gasteiger charge is -2.19. The molecule has 0 fully saturated rings. The van der Waals surface area contributed by atoms with E-state index in [0.29, 0.717) is 11.5 Å². The van der Waals surface area contributed by atoms with Crippen LogP contribution in [0.4, 0.5) is 0 Å². The second kappa shape index (κ2) is 6.89. The normalized spacial score (nSPS) is 11.8. The Morgan fingerprint density at radius 3 is 2.00 bits per heavy atom. The number of hydrogen-bond donors (Lipinski definition) is 0. The Balaban J connectivity index is 3.07. The molecule has 0 aromatic heterocycles. The Morgan fingerprint density at radius 2 is 1.60 bits per heavy atom. The van der Waals surface area contributed by atoms with Crippen LogP contribution in [0.1, 0.15) is 43.9 Å². The summed E-state index contributed by atoms with van der Waals surface area (Å²) in [5.74, 6) is -0.669. The molecule has 4 heteroatoms. The van der Waals surface area contributed by atoms with E-state index < -0.39 is 18.0 Å². The molecular weight excluding hydrogens is 256 g/mol. The van der Waals surface area contributed by atoms with Crippen LogP contribution in [-0.4, -0.2) is 19.0 Å². The third-order valence-electron chi connectivity index (χ3n) is 2.95. The molecule has 4 nitrogen and oxygen atoms in total. The van der Waals surface area contributed by atoms with Crippen molar-refractivity contribution in [3.63, 3.8) is 0 Å². The van der Waals surface area contributed by atoms with Crippen molar-refractivity contribution >= 4 is 11.9 Å². The summed E-state index contributed by atoms with van der Waals surface area (Å²) in [4.78, 5) is 22.8. The van der Waals surface area contributed by atoms with Crippen molar-refractivity contribution in [2.45, 2.75) is 32.8 Å². The molecule has 0 heterocycles. The van der Waals surface area contributed by atoms with Gasteiger partial charge in [-0.25, -0.2) is 4.79 Å². The average molecular weight is 276 g/mol. The molecule has 108 valence electrons. The molecule has 0 aliphatic heterocycles. The van der Waals surface area contributed by atoms with Crippen molar-refractivity contribution in [1.29, 1.82) is 0 Å². The van der Waals surface area contributed by atoms with E-state index in [9.17, 15) is 9.59 Å². The van der Waals surface area contributed by atoms with Gasteiger partial charge < -0.3 is 9.47 Å². The SMILES string of the molecule is C=C(C(=O)OC)C(OC(C)=O)c1ccc(C(C)C)cc1. The van der Waals surface area contributed by atoms with E-state index in [-0.39, 0.29) is 5.57 Å². The van der Waals surface area contributed by atoms with Gasteiger partial charge >= 0.3 is 11.9 Å². The van der Waals surface area contributed by atoms with Gasteiger partial charge in [-0.15, -0.1) is 0 Å². The molecule has 1 unspecified atom stereocenters. The summed E-state index contributed by atoms with van der Waals surface area (Å²) in [6.45, 7) is 9.13. The molecule has 0 N–H and O–H groups in total. The molecule has 0 bridgehead atoms. The van der Waals surface area contributed by atoms with Gasteiger partial charge in [0.05, 0.1) is 12.7 Å². The first-order valence-electron chi connectivity index (χ1n) is 6.41. The highest BCUT2D eigenvalue weighted by molar-refractivity contribution is 5.89. The van der Waals surface area contributed by atoms with E-state index in [2.05, 4.69) is 25.2 Å². The smallest absolute Gasteiger partial charge is 0.337 e. The third kappa shape index (κ3) is 3.95. The minimum atomic E-state index is -0.818. The summed E-state index contributed by atoms with van der Waals surface area (Å²) in [7, 11) is 1.26. The molecule has 0 spiro atoms. The predicted octanol–water partition coefficient (Wildman–Crippen LogP) is 3.14. The molecular formula is C16H20O4. The van der Waals surface area contributed by atoms with Crippen molar-refractivity contribution in [2.24, 2.45) is 0 Å². The van der Waals surface area contributed by atoms with Gasteiger partial charge in [-0.1, -0.05) is 44.7 Å². The molecule has 1 aromatic rings. The maximum atomic E-state index is 11.6. The van der Waals surface area contributed by atoms with Crippen molar-refractivity contribution in [2.75, 3.05) is 7.11 Å². The highest BCUT2D eigenvalue weighted by Gasteiger charge is 2.24. The van der Waals surface area contributed by atoms with Crippen molar-refractivity contribution in [1.82, 2.24) is 0 Å². The van der Waals surface area contributed by atoms with Crippen LogP contribution < -0.4 is 0 Å². The van der Waals surface area contributed by atoms with Crippen LogP contribution in [0.3, 0.4) is 0 Å². The minimum absolute atomic E-state index is 0.0972. The number of carbonyl (C=O) groups is 2. The molecule has 0 saturated carbocycles. The monoisotopic (exact) mass is 276 g/mol. The lowest BCUT2D eigenvalue weighted by Crippen LogP contribution is -2.17. The van der Waals surface area contributed by atoms with E-state index >= 15 is 0 Å². The third-order valence-corrected chi connectivity index (χ3v) is 2.95. The zero-order valence-electron chi connectivity index (χ0n) is 12.3. The predicted molar refractivity (Wildman–Crippen MR) is 76.2 cm³/mol. The first kappa shape index (κ1) is 16.0. The quantitative estimate of drug-likeness (QED) is 0.612. The molecule has 20 heavy (non-hydrogen) atoms. The number of carbonyl (C=O) groups excluding carboxylic acids is 2. The van der Waals surface area contributed by atoms with Crippen LogP contribution in [0.2, 0.25) is 0 Å². The molecule has 1 aromatic carbocycles. The Kier molecular flexibility index (Phi) is 5.50. The van der Waals surface area contributed by atoms with Crippen molar-refractivity contribution < 1.29 is 19.1 Å². The van der Waals surface area contributed by atoms with Gasteiger partial charge in [0.2, 0.25) is 0 Å². The van der Waals surface area contributed by atoms with E-state index in [1.165, 1.54) is 19.6 Å². The highest BCUT2D eigenvalue weighted by atomic mass is 16.6. The molecule has 1 rings (SSSR count). The maximum Gasteiger partial charge on any atom is 0.337 e. The van der Waals surface area contributed by atoms with Gasteiger partial charge in [-0.05, 0) is 17.0 Å². The highest BCUT2D eigenvalue weighted by Crippen LogP contribution is 2.27. The number of methoxy groups -OCH3 is 1. The number of benzene rings is 1. The van der Waals surface area contributed by atoms with Gasteiger partial charge in [-0.2, -0.15) is 0 Å². The average Bonchev–Trinajstić information content (AvgIpc) is 2.43. The van der Waals surface area contributed by atoms with Gasteiger partial charge in [-0.3, -0.25) is 4.79 Å². The second-order valence-corrected chi connectivity index (χ2v) is 4.83. The van der Waals surface area contributed by atoms with E-state index in [1.807, 2.05) is 24.3 Å². The number of ether oxygens (including phenoxy) is 2. The van der Waals surface area contributed by atoms with Crippen LogP contribution in [-0.2, 0) is 19.1 Å². The number of esters is 2. The summed E-state index contributed by atoms with van der Waals surface area (Å²) in [5, 5.41) is 0. The zero-order valence-corrected chi connectivity index (χ0v) is 12.3. The Morgan fingerprint density at radius 1 is 1.10 bits per heavy atom. The fraction of sp³-hybridized carbons (Fsp3) is 0.375. The van der Waals surface area contributed by atoms with Crippen LogP contribution in [0.5, 0.6) is 0 Å². The molecule has 0 aliphatic carbocycles. The van der Waals surface area contributed by atoms with E-state index in [4.69, 9.17) is 4.74 Å². The standard InChI is InChI=1S/C16H20O4/c1-10(2)13-6-8-14(9-7-13)15(20-12(4)17)11(3)16(18)19-5/h6-10,15H,3H2,1-2,4-5H3. The van der Waals surface area contributed by atoms with Crippen LogP contribution in [0.15, 0.2) is 36.4 Å². The second-order valence-electron chi connectivity index (χ2n) is 4.83. The number of hydrogen-bond acceptors (Lipinski definition) is 4. The Labute approximate surface area is 119 Å². The lowest BCUT2D eigenvalue weighted by atomic mass is 9.97. The fourth-order valence-electron chi connectivity index (χ4n) is 1.80. The van der Waals surface area contributed by atoms with E-state index in [0.717, 1.165) is 0 Å². The molecule has 1 atom stereocenters. The molecule has 0 radical (unpaired) electrons. The van der Waals surface area contributed by atoms with Crippen LogP contribution >= 0.6 is 0 Å². The first-order chi connectivity index (χ1) is 9.36. The molecule has 0 amide bonds. The van der Waals surface area contributed by atoms with E-state index in [1.54, 1.807) is 0 Å². The summed E-state index contributed by atoms with van der Waals surface area (Å²) in [6, 6.07) is 7.55. The van der Waals surface area contributed by atoms with Crippen molar-refractivity contribution in [3.8, 4) is 0 Å². The Hall–Kier alpha value is -2.10. The van der Waals surface area contributed by atoms with Gasteiger partial charge in [0, 0.05) is 6.92 Å². The van der Waals surface area contributed by atoms with Crippen molar-refractivity contribution in [3.05, 3.63) is 47.5 Å². The van der Waals surface area contributed by atoms with Gasteiger partial charge in [0.25, 0.3) is 0 Å². The summed E-state index contributed by atoms with van der Waals surface area (Å²) >= 11 is 0. The Bertz CT molecular complexity index is 500. The zero-order chi connectivity index (χ0) is 15.3. The summed E-state index contributed by atoms with van der Waals surface area (Å²) in [5.41, 5.74) is 1.96. The topological polar surface area (TPSA) is 52.6 Å². The lowest BCUT2D eigenvalue weighted by molar-refractivity contribution is -0.147. The van der Waals surface area contributed by atoms with Gasteiger partial charge in [0.15, 0.2) is 6.10 Å². The molecule has 0 saturated heterocycles. The van der Waals surface area contributed by atoms with Crippen LogP contribution in [0, 0.1) is 0 Å². The minimum Gasteiger partial charge on any atom is -0.466 e. The summed E-state index contributed by atoms with van der Waals surface area (Å²) < 4.78 is 9.81. The first-order valence-corrected chi connectivity index (χ1v) is 6.41. The molecule has 0 aliphatic rings.